The molecule has 3 heteroatoms. The first kappa shape index (κ1) is 16.6. The summed E-state index contributed by atoms with van der Waals surface area (Å²) in [6, 6.07) is 16.4. The fourth-order valence-corrected chi connectivity index (χ4v) is 3.38. The van der Waals surface area contributed by atoms with Crippen LogP contribution in [0.2, 0.25) is 0 Å². The van der Waals surface area contributed by atoms with Crippen molar-refractivity contribution in [2.45, 2.75) is 38.2 Å². The minimum Gasteiger partial charge on any atom is -0.325 e. The van der Waals surface area contributed by atoms with Crippen LogP contribution in [0.4, 0.5) is 5.69 Å². The molecule has 0 heterocycles. The van der Waals surface area contributed by atoms with Crippen LogP contribution in [-0.2, 0) is 4.79 Å². The summed E-state index contributed by atoms with van der Waals surface area (Å²) in [5.74, 6) is 0.0569. The Kier molecular flexibility index (Phi) is 5.67. The Morgan fingerprint density at radius 1 is 1.05 bits per heavy atom. The second-order valence-corrected chi connectivity index (χ2v) is 7.33. The molecule has 22 heavy (non-hydrogen) atoms. The van der Waals surface area contributed by atoms with E-state index in [9.17, 15) is 4.79 Å². The number of amides is 1. The van der Waals surface area contributed by atoms with E-state index >= 15 is 0 Å². The zero-order valence-electron chi connectivity index (χ0n) is 13.6. The average Bonchev–Trinajstić information content (AvgIpc) is 2.51. The van der Waals surface area contributed by atoms with Gasteiger partial charge >= 0.3 is 0 Å². The molecule has 2 aromatic rings. The van der Waals surface area contributed by atoms with Crippen LogP contribution in [0.15, 0.2) is 48.5 Å². The molecule has 0 radical (unpaired) electrons. The highest BCUT2D eigenvalue weighted by Crippen LogP contribution is 2.32. The van der Waals surface area contributed by atoms with Gasteiger partial charge in [-0.05, 0) is 50.5 Å². The lowest BCUT2D eigenvalue weighted by Crippen LogP contribution is -2.23. The van der Waals surface area contributed by atoms with Gasteiger partial charge in [-0.15, -0.1) is 11.8 Å². The van der Waals surface area contributed by atoms with E-state index in [4.69, 9.17) is 0 Å². The van der Waals surface area contributed by atoms with Crippen molar-refractivity contribution in [1.82, 2.24) is 0 Å². The molecule has 1 amide bonds. The maximum Gasteiger partial charge on any atom is 0.237 e. The number of hydrogen-bond acceptors (Lipinski definition) is 2. The van der Waals surface area contributed by atoms with Crippen LogP contribution in [0.5, 0.6) is 0 Å². The number of aryl methyl sites for hydroxylation is 2. The summed E-state index contributed by atoms with van der Waals surface area (Å²) in [4.78, 5) is 12.4. The minimum atomic E-state index is -0.102. The van der Waals surface area contributed by atoms with Crippen molar-refractivity contribution in [2.75, 3.05) is 5.32 Å². The van der Waals surface area contributed by atoms with Gasteiger partial charge in [0.05, 0.1) is 5.25 Å². The second-order valence-electron chi connectivity index (χ2n) is 5.64. The van der Waals surface area contributed by atoms with Crippen molar-refractivity contribution in [3.05, 3.63) is 65.2 Å². The summed E-state index contributed by atoms with van der Waals surface area (Å²) in [5.41, 5.74) is 4.40. The zero-order chi connectivity index (χ0) is 16.1. The fourth-order valence-electron chi connectivity index (χ4n) is 2.28. The minimum absolute atomic E-state index is 0.0569. The number of carbonyl (C=O) groups excluding carboxylic acids is 1. The molecular weight excluding hydrogens is 290 g/mol. The fraction of sp³-hybridized carbons (Fsp3) is 0.316. The van der Waals surface area contributed by atoms with Gasteiger partial charge in [0.2, 0.25) is 5.91 Å². The standard InChI is InChI=1S/C19H23NOS/c1-13-10-11-14(2)18(12-13)20-19(21)16(4)22-15(3)17-8-6-5-7-9-17/h5-12,15-16H,1-4H3,(H,20,21). The zero-order valence-corrected chi connectivity index (χ0v) is 14.4. The molecule has 0 aromatic heterocycles. The van der Waals surface area contributed by atoms with Crippen molar-refractivity contribution in [1.29, 1.82) is 0 Å². The quantitative estimate of drug-likeness (QED) is 0.829. The lowest BCUT2D eigenvalue weighted by molar-refractivity contribution is -0.115. The van der Waals surface area contributed by atoms with E-state index in [1.165, 1.54) is 5.56 Å². The molecular formula is C19H23NOS. The van der Waals surface area contributed by atoms with Gasteiger partial charge in [-0.2, -0.15) is 0 Å². The molecule has 2 nitrogen and oxygen atoms in total. The highest BCUT2D eigenvalue weighted by Gasteiger charge is 2.18. The maximum absolute atomic E-state index is 12.4. The normalized spacial score (nSPS) is 13.5. The van der Waals surface area contributed by atoms with E-state index in [1.54, 1.807) is 11.8 Å². The van der Waals surface area contributed by atoms with Gasteiger partial charge in [-0.3, -0.25) is 4.79 Å². The van der Waals surface area contributed by atoms with Gasteiger partial charge in [0.15, 0.2) is 0 Å². The molecule has 0 saturated heterocycles. The van der Waals surface area contributed by atoms with Crippen LogP contribution >= 0.6 is 11.8 Å². The van der Waals surface area contributed by atoms with E-state index in [-0.39, 0.29) is 11.2 Å². The van der Waals surface area contributed by atoms with Crippen molar-refractivity contribution in [3.8, 4) is 0 Å². The molecule has 0 fully saturated rings. The van der Waals surface area contributed by atoms with E-state index < -0.39 is 0 Å². The summed E-state index contributed by atoms with van der Waals surface area (Å²) in [7, 11) is 0. The first-order valence-corrected chi connectivity index (χ1v) is 8.50. The first-order valence-electron chi connectivity index (χ1n) is 7.56. The number of hydrogen-bond donors (Lipinski definition) is 1. The SMILES string of the molecule is Cc1ccc(C)c(NC(=O)C(C)SC(C)c2ccccc2)c1. The number of benzene rings is 2. The smallest absolute Gasteiger partial charge is 0.237 e. The Hall–Kier alpha value is -1.74. The lowest BCUT2D eigenvalue weighted by atomic mass is 10.1. The number of carbonyl (C=O) groups is 1. The summed E-state index contributed by atoms with van der Waals surface area (Å²) in [6.07, 6.45) is 0. The highest BCUT2D eigenvalue weighted by molar-refractivity contribution is 8.00. The van der Waals surface area contributed by atoms with Gasteiger partial charge in [0, 0.05) is 10.9 Å². The monoisotopic (exact) mass is 313 g/mol. The lowest BCUT2D eigenvalue weighted by Gasteiger charge is -2.18. The van der Waals surface area contributed by atoms with Crippen molar-refractivity contribution in [2.24, 2.45) is 0 Å². The second kappa shape index (κ2) is 7.50. The Balaban J connectivity index is 1.99. The first-order chi connectivity index (χ1) is 10.5. The Labute approximate surface area is 137 Å². The van der Waals surface area contributed by atoms with Gasteiger partial charge in [-0.1, -0.05) is 42.5 Å². The Morgan fingerprint density at radius 2 is 1.73 bits per heavy atom. The topological polar surface area (TPSA) is 29.1 Å². The molecule has 0 aliphatic rings. The van der Waals surface area contributed by atoms with E-state index in [0.29, 0.717) is 5.25 Å². The molecule has 2 aromatic carbocycles. The largest absolute Gasteiger partial charge is 0.325 e. The third kappa shape index (κ3) is 4.38. The van der Waals surface area contributed by atoms with E-state index in [1.807, 2.05) is 51.1 Å². The molecule has 116 valence electrons. The van der Waals surface area contributed by atoms with Gasteiger partial charge in [0.1, 0.15) is 0 Å². The van der Waals surface area contributed by atoms with Crippen LogP contribution < -0.4 is 5.32 Å². The Bertz CT molecular complexity index is 639. The number of nitrogens with one attached hydrogen (secondary N) is 1. The number of anilines is 1. The van der Waals surface area contributed by atoms with Gasteiger partial charge < -0.3 is 5.32 Å². The summed E-state index contributed by atoms with van der Waals surface area (Å²) in [6.45, 7) is 8.15. The third-order valence-electron chi connectivity index (χ3n) is 3.70. The molecule has 0 aliphatic carbocycles. The van der Waals surface area contributed by atoms with Crippen LogP contribution in [0.25, 0.3) is 0 Å². The number of rotatable bonds is 5. The van der Waals surface area contributed by atoms with Crippen LogP contribution in [0.1, 0.15) is 35.8 Å². The van der Waals surface area contributed by atoms with Crippen molar-refractivity contribution in [3.63, 3.8) is 0 Å². The third-order valence-corrected chi connectivity index (χ3v) is 5.00. The molecule has 2 unspecified atom stereocenters. The van der Waals surface area contributed by atoms with Crippen molar-refractivity contribution < 1.29 is 4.79 Å². The molecule has 1 N–H and O–H groups in total. The Morgan fingerprint density at radius 3 is 2.41 bits per heavy atom. The van der Waals surface area contributed by atoms with Gasteiger partial charge in [-0.25, -0.2) is 0 Å². The molecule has 0 bridgehead atoms. The summed E-state index contributed by atoms with van der Waals surface area (Å²) in [5, 5.41) is 3.24. The van der Waals surface area contributed by atoms with E-state index in [0.717, 1.165) is 16.8 Å². The molecule has 2 rings (SSSR count). The van der Waals surface area contributed by atoms with Crippen LogP contribution in [0.3, 0.4) is 0 Å². The number of thioether (sulfide) groups is 1. The maximum atomic E-state index is 12.4. The predicted octanol–water partition coefficient (Wildman–Crippen LogP) is 5.12. The average molecular weight is 313 g/mol. The highest BCUT2D eigenvalue weighted by atomic mass is 32.2. The van der Waals surface area contributed by atoms with Crippen LogP contribution in [0, 0.1) is 13.8 Å². The molecule has 2 atom stereocenters. The molecule has 0 aliphatic heterocycles. The van der Waals surface area contributed by atoms with E-state index in [2.05, 4.69) is 30.4 Å². The predicted molar refractivity (Wildman–Crippen MR) is 96.5 cm³/mol. The van der Waals surface area contributed by atoms with Crippen molar-refractivity contribution >= 4 is 23.4 Å². The molecule has 0 spiro atoms. The van der Waals surface area contributed by atoms with Crippen LogP contribution in [-0.4, -0.2) is 11.2 Å². The summed E-state index contributed by atoms with van der Waals surface area (Å²) < 4.78 is 0. The molecule has 0 saturated carbocycles. The van der Waals surface area contributed by atoms with Gasteiger partial charge in [0.25, 0.3) is 0 Å². The summed E-state index contributed by atoms with van der Waals surface area (Å²) >= 11 is 1.68.